The minimum Gasteiger partial charge on any atom is -0.341 e. The van der Waals surface area contributed by atoms with Crippen LogP contribution in [0.1, 0.15) is 192 Å². The van der Waals surface area contributed by atoms with Crippen LogP contribution >= 0.6 is 0 Å². The van der Waals surface area contributed by atoms with Crippen molar-refractivity contribution >= 4 is 17.8 Å². The number of anilines is 3. The molecular formula is C43H85N9. The lowest BCUT2D eigenvalue weighted by atomic mass is 9.77. The SMILES string of the molecule is CCCCCCCCCCCCNCNc1nc(N(CCCC)C2CC(C)(C)NC(C)(C)C2)nc(N(CCCC)C2CC(C)(C)N(C)C(C)(C)C2)n1. The second-order valence-electron chi connectivity index (χ2n) is 19.1. The van der Waals surface area contributed by atoms with Crippen LogP contribution in [0.4, 0.5) is 17.8 Å². The molecule has 3 heterocycles. The number of unbranched alkanes of at least 4 members (excludes halogenated alkanes) is 11. The summed E-state index contributed by atoms with van der Waals surface area (Å²) in [6.45, 7) is 29.5. The molecular weight excluding hydrogens is 643 g/mol. The minimum atomic E-state index is 0.0326. The molecule has 0 saturated carbocycles. The Balaban J connectivity index is 1.85. The van der Waals surface area contributed by atoms with Crippen LogP contribution in [0.3, 0.4) is 0 Å². The average molecular weight is 728 g/mol. The zero-order chi connectivity index (χ0) is 38.4. The molecule has 3 N–H and O–H groups in total. The van der Waals surface area contributed by atoms with Gasteiger partial charge in [-0.1, -0.05) is 91.4 Å². The monoisotopic (exact) mass is 728 g/mol. The third-order valence-electron chi connectivity index (χ3n) is 12.0. The van der Waals surface area contributed by atoms with Gasteiger partial charge in [0, 0.05) is 47.3 Å². The Morgan fingerprint density at radius 1 is 0.596 bits per heavy atom. The molecule has 1 aromatic rings. The second-order valence-corrected chi connectivity index (χ2v) is 19.1. The fourth-order valence-electron chi connectivity index (χ4n) is 9.23. The highest BCUT2D eigenvalue weighted by Gasteiger charge is 2.46. The maximum absolute atomic E-state index is 5.45. The molecule has 0 bridgehead atoms. The van der Waals surface area contributed by atoms with Gasteiger partial charge in [-0.05, 0) is 114 Å². The van der Waals surface area contributed by atoms with Gasteiger partial charge < -0.3 is 20.4 Å². The summed E-state index contributed by atoms with van der Waals surface area (Å²) in [5.41, 5.74) is 0.216. The van der Waals surface area contributed by atoms with Crippen molar-refractivity contribution in [2.75, 3.05) is 48.5 Å². The molecule has 3 rings (SSSR count). The van der Waals surface area contributed by atoms with Crippen molar-refractivity contribution < 1.29 is 0 Å². The van der Waals surface area contributed by atoms with E-state index in [0.29, 0.717) is 24.7 Å². The topological polar surface area (TPSA) is 84.5 Å². The number of nitrogens with zero attached hydrogens (tertiary/aromatic N) is 6. The number of nitrogens with one attached hydrogen (secondary N) is 3. The van der Waals surface area contributed by atoms with Crippen molar-refractivity contribution in [2.45, 2.75) is 226 Å². The summed E-state index contributed by atoms with van der Waals surface area (Å²) in [6.07, 6.45) is 22.4. The van der Waals surface area contributed by atoms with E-state index < -0.39 is 0 Å². The molecule has 9 nitrogen and oxygen atoms in total. The van der Waals surface area contributed by atoms with Crippen molar-refractivity contribution in [3.8, 4) is 0 Å². The van der Waals surface area contributed by atoms with Crippen molar-refractivity contribution in [1.82, 2.24) is 30.5 Å². The van der Waals surface area contributed by atoms with Crippen LogP contribution in [0.5, 0.6) is 0 Å². The van der Waals surface area contributed by atoms with Gasteiger partial charge >= 0.3 is 0 Å². The minimum absolute atomic E-state index is 0.0326. The van der Waals surface area contributed by atoms with Gasteiger partial charge in [-0.15, -0.1) is 0 Å². The van der Waals surface area contributed by atoms with Crippen LogP contribution in [0.15, 0.2) is 0 Å². The first-order chi connectivity index (χ1) is 24.5. The fraction of sp³-hybridized carbons (Fsp3) is 0.930. The van der Waals surface area contributed by atoms with Gasteiger partial charge in [0.15, 0.2) is 0 Å². The van der Waals surface area contributed by atoms with Crippen LogP contribution in [-0.2, 0) is 0 Å². The number of hydrogen-bond acceptors (Lipinski definition) is 9. The van der Waals surface area contributed by atoms with E-state index in [0.717, 1.165) is 82.9 Å². The summed E-state index contributed by atoms with van der Waals surface area (Å²) in [5.74, 6) is 2.37. The molecule has 1 aromatic heterocycles. The highest BCUT2D eigenvalue weighted by atomic mass is 15.4. The molecule has 2 aliphatic heterocycles. The number of piperidine rings is 2. The van der Waals surface area contributed by atoms with Crippen molar-refractivity contribution in [3.05, 3.63) is 0 Å². The summed E-state index contributed by atoms with van der Waals surface area (Å²) >= 11 is 0. The van der Waals surface area contributed by atoms with E-state index in [-0.39, 0.29) is 22.2 Å². The molecule has 0 aromatic carbocycles. The molecule has 302 valence electrons. The standard InChI is InChI=1S/C43H85N9/c1-13-16-19-20-21-22-23-24-25-26-27-44-34-45-37-46-38(51(28-17-14-2)35-30-40(4,5)49-41(6,7)31-35)48-39(47-37)52(29-18-15-3)36-32-42(8,9)50(12)43(10,11)33-36/h35-36,44,49H,13-34H2,1-12H3,(H,45,46,47,48). The summed E-state index contributed by atoms with van der Waals surface area (Å²) in [7, 11) is 2.30. The van der Waals surface area contributed by atoms with Gasteiger partial charge in [0.05, 0.1) is 6.67 Å². The Morgan fingerprint density at radius 2 is 1.02 bits per heavy atom. The van der Waals surface area contributed by atoms with E-state index in [4.69, 9.17) is 15.0 Å². The first kappa shape index (κ1) is 44.7. The Hall–Kier alpha value is -1.71. The van der Waals surface area contributed by atoms with Gasteiger partial charge in [-0.25, -0.2) is 0 Å². The third kappa shape index (κ3) is 14.2. The second kappa shape index (κ2) is 20.8. The van der Waals surface area contributed by atoms with Gasteiger partial charge in [0.1, 0.15) is 0 Å². The van der Waals surface area contributed by atoms with Gasteiger partial charge in [-0.2, -0.15) is 15.0 Å². The lowest BCUT2D eigenvalue weighted by Gasteiger charge is -2.55. The van der Waals surface area contributed by atoms with Crippen LogP contribution < -0.4 is 25.8 Å². The highest BCUT2D eigenvalue weighted by molar-refractivity contribution is 5.47. The van der Waals surface area contributed by atoms with Gasteiger partial charge in [0.25, 0.3) is 0 Å². The first-order valence-electron chi connectivity index (χ1n) is 21.8. The van der Waals surface area contributed by atoms with E-state index >= 15 is 0 Å². The molecule has 0 amide bonds. The van der Waals surface area contributed by atoms with E-state index in [9.17, 15) is 0 Å². The first-order valence-corrected chi connectivity index (χ1v) is 21.8. The number of rotatable bonds is 24. The molecule has 9 heteroatoms. The summed E-state index contributed by atoms with van der Waals surface area (Å²) in [5, 5.41) is 11.2. The Morgan fingerprint density at radius 3 is 1.48 bits per heavy atom. The molecule has 2 fully saturated rings. The zero-order valence-corrected chi connectivity index (χ0v) is 36.4. The number of hydrogen-bond donors (Lipinski definition) is 3. The molecule has 0 radical (unpaired) electrons. The Bertz CT molecular complexity index is 1120. The maximum Gasteiger partial charge on any atom is 0.232 e. The summed E-state index contributed by atoms with van der Waals surface area (Å²) in [6, 6.07) is 0.701. The molecule has 52 heavy (non-hydrogen) atoms. The quantitative estimate of drug-likeness (QED) is 0.0712. The summed E-state index contributed by atoms with van der Waals surface area (Å²) < 4.78 is 0. The number of likely N-dealkylation sites (tertiary alicyclic amines) is 1. The highest BCUT2D eigenvalue weighted by Crippen LogP contribution is 2.40. The van der Waals surface area contributed by atoms with Crippen molar-refractivity contribution in [3.63, 3.8) is 0 Å². The molecule has 0 unspecified atom stereocenters. The molecule has 2 saturated heterocycles. The Kier molecular flexibility index (Phi) is 17.9. The van der Waals surface area contributed by atoms with E-state index in [1.807, 2.05) is 0 Å². The van der Waals surface area contributed by atoms with Crippen molar-refractivity contribution in [2.24, 2.45) is 0 Å². The van der Waals surface area contributed by atoms with Gasteiger partial charge in [-0.3, -0.25) is 10.2 Å². The largest absolute Gasteiger partial charge is 0.341 e. The maximum atomic E-state index is 5.45. The van der Waals surface area contributed by atoms with Gasteiger partial charge in [0.2, 0.25) is 17.8 Å². The molecule has 2 aliphatic rings. The fourth-order valence-corrected chi connectivity index (χ4v) is 9.23. The van der Waals surface area contributed by atoms with Crippen LogP contribution in [-0.4, -0.2) is 87.4 Å². The molecule has 0 atom stereocenters. The number of aromatic nitrogens is 3. The van der Waals surface area contributed by atoms with Crippen molar-refractivity contribution in [1.29, 1.82) is 0 Å². The normalized spacial score (nSPS) is 20.2. The Labute approximate surface area is 322 Å². The summed E-state index contributed by atoms with van der Waals surface area (Å²) in [4.78, 5) is 23.6. The van der Waals surface area contributed by atoms with E-state index in [2.05, 4.69) is 114 Å². The smallest absolute Gasteiger partial charge is 0.232 e. The third-order valence-corrected chi connectivity index (χ3v) is 12.0. The average Bonchev–Trinajstić information content (AvgIpc) is 3.04. The van der Waals surface area contributed by atoms with Crippen LogP contribution in [0.2, 0.25) is 0 Å². The zero-order valence-electron chi connectivity index (χ0n) is 36.4. The lowest BCUT2D eigenvalue weighted by molar-refractivity contribution is -0.0129. The van der Waals surface area contributed by atoms with E-state index in [1.165, 1.54) is 64.2 Å². The predicted molar refractivity (Wildman–Crippen MR) is 226 cm³/mol. The van der Waals surface area contributed by atoms with E-state index in [1.54, 1.807) is 0 Å². The molecule has 0 aliphatic carbocycles. The van der Waals surface area contributed by atoms with Crippen LogP contribution in [0, 0.1) is 0 Å². The van der Waals surface area contributed by atoms with Crippen LogP contribution in [0.25, 0.3) is 0 Å². The lowest BCUT2D eigenvalue weighted by Crippen LogP contribution is -2.63. The predicted octanol–water partition coefficient (Wildman–Crippen LogP) is 9.93. The molecule has 0 spiro atoms.